The molecule has 0 aliphatic heterocycles. The summed E-state index contributed by atoms with van der Waals surface area (Å²) in [4.78, 5) is 23.2. The van der Waals surface area contributed by atoms with Gasteiger partial charge in [0.05, 0.1) is 14.2 Å². The van der Waals surface area contributed by atoms with Gasteiger partial charge in [-0.2, -0.15) is 0 Å². The summed E-state index contributed by atoms with van der Waals surface area (Å²) in [7, 11) is 4.51. The fourth-order valence-corrected chi connectivity index (χ4v) is 2.50. The van der Waals surface area contributed by atoms with Crippen LogP contribution in [0.25, 0.3) is 0 Å². The molecule has 1 atom stereocenters. The number of rotatable bonds is 11. The van der Waals surface area contributed by atoms with Crippen LogP contribution >= 0.6 is 0 Å². The maximum Gasteiger partial charge on any atom is 0.305 e. The second kappa shape index (κ2) is 10.3. The van der Waals surface area contributed by atoms with E-state index in [1.54, 1.807) is 7.11 Å². The number of ketones is 1. The summed E-state index contributed by atoms with van der Waals surface area (Å²) in [6.45, 7) is 0.105. The summed E-state index contributed by atoms with van der Waals surface area (Å²) < 4.78 is 20.1. The van der Waals surface area contributed by atoms with Crippen molar-refractivity contribution in [2.45, 2.75) is 51.0 Å². The molecule has 0 spiro atoms. The quantitative estimate of drug-likeness (QED) is 0.331. The van der Waals surface area contributed by atoms with Crippen LogP contribution in [-0.4, -0.2) is 46.0 Å². The van der Waals surface area contributed by atoms with Crippen molar-refractivity contribution >= 4 is 11.8 Å². The SMILES string of the molecule is COCOC1CC(OC)=C(CCCCCCC(=O)OC)C1=O. The fourth-order valence-electron chi connectivity index (χ4n) is 2.50. The van der Waals surface area contributed by atoms with Crippen molar-refractivity contribution in [3.63, 3.8) is 0 Å². The Bertz CT molecular complexity index is 401. The summed E-state index contributed by atoms with van der Waals surface area (Å²) in [5.74, 6) is 0.553. The predicted octanol–water partition coefficient (Wildman–Crippen LogP) is 2.36. The number of methoxy groups -OCH3 is 3. The van der Waals surface area contributed by atoms with Crippen molar-refractivity contribution < 1.29 is 28.5 Å². The van der Waals surface area contributed by atoms with Crippen LogP contribution in [0.15, 0.2) is 11.3 Å². The van der Waals surface area contributed by atoms with Crippen molar-refractivity contribution in [2.24, 2.45) is 0 Å². The van der Waals surface area contributed by atoms with E-state index in [0.29, 0.717) is 19.3 Å². The van der Waals surface area contributed by atoms with Crippen LogP contribution in [0.4, 0.5) is 0 Å². The first-order valence-electron chi connectivity index (χ1n) is 7.61. The first-order chi connectivity index (χ1) is 10.6. The number of carbonyl (C=O) groups is 2. The molecule has 126 valence electrons. The third-order valence-electron chi connectivity index (χ3n) is 3.72. The third kappa shape index (κ3) is 5.77. The number of hydrogen-bond acceptors (Lipinski definition) is 6. The molecule has 0 saturated heterocycles. The first-order valence-corrected chi connectivity index (χ1v) is 7.61. The smallest absolute Gasteiger partial charge is 0.305 e. The van der Waals surface area contributed by atoms with Gasteiger partial charge in [-0.15, -0.1) is 0 Å². The molecule has 0 aromatic rings. The molecular weight excluding hydrogens is 288 g/mol. The van der Waals surface area contributed by atoms with Gasteiger partial charge in [-0.1, -0.05) is 12.8 Å². The van der Waals surface area contributed by atoms with Gasteiger partial charge in [0.2, 0.25) is 0 Å². The lowest BCUT2D eigenvalue weighted by atomic mass is 10.0. The molecule has 0 fully saturated rings. The largest absolute Gasteiger partial charge is 0.501 e. The fraction of sp³-hybridized carbons (Fsp3) is 0.750. The molecule has 1 unspecified atom stereocenters. The molecule has 0 saturated carbocycles. The number of unbranched alkanes of at least 4 members (excludes halogenated alkanes) is 3. The van der Waals surface area contributed by atoms with Crippen LogP contribution in [0.2, 0.25) is 0 Å². The third-order valence-corrected chi connectivity index (χ3v) is 3.72. The van der Waals surface area contributed by atoms with Gasteiger partial charge in [0.1, 0.15) is 18.7 Å². The summed E-state index contributed by atoms with van der Waals surface area (Å²) in [5.41, 5.74) is 0.733. The van der Waals surface area contributed by atoms with Gasteiger partial charge in [-0.3, -0.25) is 9.59 Å². The zero-order valence-corrected chi connectivity index (χ0v) is 13.7. The van der Waals surface area contributed by atoms with Gasteiger partial charge in [0.15, 0.2) is 5.78 Å². The molecule has 0 bridgehead atoms. The summed E-state index contributed by atoms with van der Waals surface area (Å²) in [6.07, 6.45) is 4.76. The van der Waals surface area contributed by atoms with Crippen LogP contribution in [0.3, 0.4) is 0 Å². The maximum atomic E-state index is 12.2. The number of ether oxygens (including phenoxy) is 4. The van der Waals surface area contributed by atoms with Crippen LogP contribution in [0.5, 0.6) is 0 Å². The van der Waals surface area contributed by atoms with Crippen molar-refractivity contribution in [2.75, 3.05) is 28.1 Å². The highest BCUT2D eigenvalue weighted by Crippen LogP contribution is 2.29. The van der Waals surface area contributed by atoms with Crippen molar-refractivity contribution in [3.05, 3.63) is 11.3 Å². The minimum absolute atomic E-state index is 0.00320. The molecule has 1 rings (SSSR count). The Morgan fingerprint density at radius 1 is 1.14 bits per heavy atom. The van der Waals surface area contributed by atoms with E-state index < -0.39 is 6.10 Å². The van der Waals surface area contributed by atoms with Gasteiger partial charge in [-0.05, 0) is 19.3 Å². The average Bonchev–Trinajstić information content (AvgIpc) is 2.84. The van der Waals surface area contributed by atoms with E-state index in [0.717, 1.165) is 37.0 Å². The Labute approximate surface area is 131 Å². The average molecular weight is 314 g/mol. The molecule has 0 N–H and O–H groups in total. The normalized spacial score (nSPS) is 18.0. The Morgan fingerprint density at radius 2 is 1.86 bits per heavy atom. The first kappa shape index (κ1) is 18.6. The maximum absolute atomic E-state index is 12.2. The summed E-state index contributed by atoms with van der Waals surface area (Å²) in [5, 5.41) is 0. The molecular formula is C16H26O6. The van der Waals surface area contributed by atoms with E-state index in [2.05, 4.69) is 4.74 Å². The highest BCUT2D eigenvalue weighted by molar-refractivity contribution is 6.01. The zero-order chi connectivity index (χ0) is 16.4. The van der Waals surface area contributed by atoms with E-state index in [1.165, 1.54) is 14.2 Å². The number of esters is 1. The van der Waals surface area contributed by atoms with Crippen molar-refractivity contribution in [3.8, 4) is 0 Å². The lowest BCUT2D eigenvalue weighted by Gasteiger charge is -2.09. The van der Waals surface area contributed by atoms with Crippen LogP contribution in [0.1, 0.15) is 44.9 Å². The lowest BCUT2D eigenvalue weighted by Crippen LogP contribution is -2.21. The van der Waals surface area contributed by atoms with Crippen LogP contribution in [-0.2, 0) is 28.5 Å². The van der Waals surface area contributed by atoms with E-state index in [1.807, 2.05) is 0 Å². The highest BCUT2D eigenvalue weighted by Gasteiger charge is 2.34. The van der Waals surface area contributed by atoms with Gasteiger partial charge in [0, 0.05) is 25.5 Å². The molecule has 0 aromatic heterocycles. The zero-order valence-electron chi connectivity index (χ0n) is 13.7. The number of carbonyl (C=O) groups excluding carboxylic acids is 2. The van der Waals surface area contributed by atoms with Crippen molar-refractivity contribution in [1.82, 2.24) is 0 Å². The van der Waals surface area contributed by atoms with Gasteiger partial charge < -0.3 is 18.9 Å². The Morgan fingerprint density at radius 3 is 2.50 bits per heavy atom. The standard InChI is InChI=1S/C16H26O6/c1-19-11-22-14-10-13(20-2)12(16(14)18)8-6-4-5-7-9-15(17)21-3/h14H,4-11H2,1-3H3. The molecule has 0 aromatic carbocycles. The van der Waals surface area contributed by atoms with E-state index in [9.17, 15) is 9.59 Å². The summed E-state index contributed by atoms with van der Waals surface area (Å²) in [6, 6.07) is 0. The molecule has 1 aliphatic carbocycles. The highest BCUT2D eigenvalue weighted by atomic mass is 16.7. The lowest BCUT2D eigenvalue weighted by molar-refractivity contribution is -0.140. The second-order valence-electron chi connectivity index (χ2n) is 5.23. The minimum Gasteiger partial charge on any atom is -0.501 e. The monoisotopic (exact) mass is 314 g/mol. The van der Waals surface area contributed by atoms with E-state index in [-0.39, 0.29) is 18.5 Å². The van der Waals surface area contributed by atoms with Crippen LogP contribution < -0.4 is 0 Å². The van der Waals surface area contributed by atoms with E-state index in [4.69, 9.17) is 14.2 Å². The molecule has 6 heteroatoms. The van der Waals surface area contributed by atoms with E-state index >= 15 is 0 Å². The van der Waals surface area contributed by atoms with Crippen LogP contribution in [0, 0.1) is 0 Å². The molecule has 6 nitrogen and oxygen atoms in total. The Hall–Kier alpha value is -1.40. The topological polar surface area (TPSA) is 71.1 Å². The minimum atomic E-state index is -0.482. The molecule has 1 aliphatic rings. The summed E-state index contributed by atoms with van der Waals surface area (Å²) >= 11 is 0. The van der Waals surface area contributed by atoms with Gasteiger partial charge in [-0.25, -0.2) is 0 Å². The molecule has 0 heterocycles. The Kier molecular flexibility index (Phi) is 8.77. The Balaban J connectivity index is 2.30. The van der Waals surface area contributed by atoms with Crippen molar-refractivity contribution in [1.29, 1.82) is 0 Å². The number of Topliss-reactive ketones (excluding diaryl/α,β-unsaturated/α-hetero) is 1. The van der Waals surface area contributed by atoms with Gasteiger partial charge in [0.25, 0.3) is 0 Å². The molecule has 22 heavy (non-hydrogen) atoms. The predicted molar refractivity (Wildman–Crippen MR) is 80.1 cm³/mol. The molecule has 0 radical (unpaired) electrons. The number of hydrogen-bond donors (Lipinski definition) is 0. The molecule has 0 amide bonds. The second-order valence-corrected chi connectivity index (χ2v) is 5.23. The van der Waals surface area contributed by atoms with Gasteiger partial charge >= 0.3 is 5.97 Å².